The molecule has 0 fully saturated rings. The summed E-state index contributed by atoms with van der Waals surface area (Å²) in [6.45, 7) is 0. The maximum absolute atomic E-state index is 6.25. The number of hydrogen-bond acceptors (Lipinski definition) is 0. The normalized spacial score (nSPS) is 18.1. The number of halogens is 1. The molecule has 2 aromatic carbocycles. The highest BCUT2D eigenvalue weighted by molar-refractivity contribution is 6.49. The quantitative estimate of drug-likeness (QED) is 0.676. The molecule has 0 amide bonds. The van der Waals surface area contributed by atoms with Crippen molar-refractivity contribution in [2.45, 2.75) is 5.92 Å². The van der Waals surface area contributed by atoms with Gasteiger partial charge >= 0.3 is 0 Å². The van der Waals surface area contributed by atoms with Crippen molar-refractivity contribution in [3.05, 3.63) is 77.4 Å². The van der Waals surface area contributed by atoms with E-state index < -0.39 is 0 Å². The van der Waals surface area contributed by atoms with E-state index in [0.29, 0.717) is 5.92 Å². The van der Waals surface area contributed by atoms with Gasteiger partial charge in [-0.3, -0.25) is 0 Å². The van der Waals surface area contributed by atoms with Crippen LogP contribution in [0.5, 0.6) is 0 Å². The van der Waals surface area contributed by atoms with Gasteiger partial charge in [0.2, 0.25) is 0 Å². The van der Waals surface area contributed by atoms with E-state index >= 15 is 0 Å². The number of rotatable bonds is 1. The molecule has 0 nitrogen and oxygen atoms in total. The van der Waals surface area contributed by atoms with Crippen LogP contribution in [-0.4, -0.2) is 0 Å². The molecule has 1 atom stereocenters. The average molecular weight is 227 g/mol. The smallest absolute Gasteiger partial charge is 0.0451 e. The number of allylic oxidation sites excluding steroid dienone is 1. The largest absolute Gasteiger partial charge is 0.0840 e. The summed E-state index contributed by atoms with van der Waals surface area (Å²) < 4.78 is 0. The highest BCUT2D eigenvalue weighted by Gasteiger charge is 2.22. The zero-order chi connectivity index (χ0) is 11.0. The molecule has 0 unspecified atom stereocenters. The van der Waals surface area contributed by atoms with Crippen molar-refractivity contribution < 1.29 is 0 Å². The maximum Gasteiger partial charge on any atom is 0.0451 e. The lowest BCUT2D eigenvalue weighted by Gasteiger charge is -2.10. The fourth-order valence-electron chi connectivity index (χ4n) is 2.25. The molecule has 0 heterocycles. The van der Waals surface area contributed by atoms with Crippen LogP contribution in [0, 0.1) is 0 Å². The molecule has 3 rings (SSSR count). The van der Waals surface area contributed by atoms with E-state index in [1.54, 1.807) is 0 Å². The van der Waals surface area contributed by atoms with Crippen molar-refractivity contribution in [1.29, 1.82) is 0 Å². The Morgan fingerprint density at radius 3 is 2.31 bits per heavy atom. The topological polar surface area (TPSA) is 0 Å². The summed E-state index contributed by atoms with van der Waals surface area (Å²) in [5.41, 5.74) is 3.77. The van der Waals surface area contributed by atoms with Crippen LogP contribution in [0.25, 0.3) is 5.03 Å². The van der Waals surface area contributed by atoms with Crippen LogP contribution in [0.1, 0.15) is 22.6 Å². The van der Waals surface area contributed by atoms with Crippen LogP contribution in [0.15, 0.2) is 60.7 Å². The van der Waals surface area contributed by atoms with Gasteiger partial charge in [0.1, 0.15) is 0 Å². The van der Waals surface area contributed by atoms with Gasteiger partial charge < -0.3 is 0 Å². The summed E-state index contributed by atoms with van der Waals surface area (Å²) in [4.78, 5) is 0. The highest BCUT2D eigenvalue weighted by atomic mass is 35.5. The molecule has 0 spiro atoms. The van der Waals surface area contributed by atoms with Gasteiger partial charge in [-0.25, -0.2) is 0 Å². The summed E-state index contributed by atoms with van der Waals surface area (Å²) in [6, 6.07) is 18.8. The molecule has 1 aliphatic rings. The van der Waals surface area contributed by atoms with E-state index in [4.69, 9.17) is 11.6 Å². The maximum atomic E-state index is 6.25. The minimum atomic E-state index is 0.310. The summed E-state index contributed by atoms with van der Waals surface area (Å²) in [5.74, 6) is 0.310. The SMILES string of the molecule is ClC1=C[C@H](c2ccccc2)c2ccccc21. The number of benzene rings is 2. The molecule has 0 saturated carbocycles. The molecule has 0 saturated heterocycles. The Morgan fingerprint density at radius 1 is 0.812 bits per heavy atom. The number of fused-ring (bicyclic) bond motifs is 1. The first-order valence-electron chi connectivity index (χ1n) is 5.38. The van der Waals surface area contributed by atoms with Gasteiger partial charge in [0.15, 0.2) is 0 Å². The van der Waals surface area contributed by atoms with Crippen LogP contribution in [-0.2, 0) is 0 Å². The standard InChI is InChI=1S/C15H11Cl/c16-15-10-14(11-6-2-1-3-7-11)12-8-4-5-9-13(12)15/h1-10,14H/t14-/m1/s1. The van der Waals surface area contributed by atoms with Crippen molar-refractivity contribution in [2.24, 2.45) is 0 Å². The van der Waals surface area contributed by atoms with Crippen molar-refractivity contribution in [3.8, 4) is 0 Å². The van der Waals surface area contributed by atoms with Crippen molar-refractivity contribution in [2.75, 3.05) is 0 Å². The molecular weight excluding hydrogens is 216 g/mol. The monoisotopic (exact) mass is 226 g/mol. The Hall–Kier alpha value is -1.53. The summed E-state index contributed by atoms with van der Waals surface area (Å²) >= 11 is 6.25. The zero-order valence-corrected chi connectivity index (χ0v) is 9.48. The Bertz CT molecular complexity index is 540. The van der Waals surface area contributed by atoms with Crippen LogP contribution in [0.2, 0.25) is 0 Å². The molecule has 2 aromatic rings. The van der Waals surface area contributed by atoms with E-state index in [-0.39, 0.29) is 0 Å². The molecule has 0 bridgehead atoms. The highest BCUT2D eigenvalue weighted by Crippen LogP contribution is 2.41. The first-order valence-corrected chi connectivity index (χ1v) is 5.75. The Balaban J connectivity index is 2.13. The van der Waals surface area contributed by atoms with Gasteiger partial charge in [-0.2, -0.15) is 0 Å². The zero-order valence-electron chi connectivity index (χ0n) is 8.73. The van der Waals surface area contributed by atoms with Gasteiger partial charge in [0, 0.05) is 11.0 Å². The van der Waals surface area contributed by atoms with Crippen LogP contribution in [0.3, 0.4) is 0 Å². The fraction of sp³-hybridized carbons (Fsp3) is 0.0667. The predicted octanol–water partition coefficient (Wildman–Crippen LogP) is 4.41. The van der Waals surface area contributed by atoms with Crippen molar-refractivity contribution >= 4 is 16.6 Å². The lowest BCUT2D eigenvalue weighted by Crippen LogP contribution is -1.94. The van der Waals surface area contributed by atoms with Crippen molar-refractivity contribution in [3.63, 3.8) is 0 Å². The fourth-order valence-corrected chi connectivity index (χ4v) is 2.55. The van der Waals surface area contributed by atoms with E-state index in [0.717, 1.165) is 10.6 Å². The lowest BCUT2D eigenvalue weighted by atomic mass is 9.93. The summed E-state index contributed by atoms with van der Waals surface area (Å²) in [7, 11) is 0. The van der Waals surface area contributed by atoms with Gasteiger partial charge in [-0.15, -0.1) is 0 Å². The Labute approximate surface area is 100 Å². The molecule has 78 valence electrons. The minimum absolute atomic E-state index is 0.310. The Kier molecular flexibility index (Phi) is 2.30. The second-order valence-electron chi connectivity index (χ2n) is 3.99. The summed E-state index contributed by atoms with van der Waals surface area (Å²) in [6.07, 6.45) is 2.13. The molecule has 1 heteroatoms. The second-order valence-corrected chi connectivity index (χ2v) is 4.40. The molecule has 0 N–H and O–H groups in total. The third-order valence-corrected chi connectivity index (χ3v) is 3.35. The van der Waals surface area contributed by atoms with E-state index in [1.807, 2.05) is 12.1 Å². The van der Waals surface area contributed by atoms with E-state index in [2.05, 4.69) is 48.5 Å². The predicted molar refractivity (Wildman–Crippen MR) is 68.6 cm³/mol. The first kappa shape index (κ1) is 9.68. The molecule has 0 aliphatic heterocycles. The second kappa shape index (κ2) is 3.80. The van der Waals surface area contributed by atoms with Gasteiger partial charge in [-0.05, 0) is 16.7 Å². The first-order chi connectivity index (χ1) is 7.86. The minimum Gasteiger partial charge on any atom is -0.0840 e. The third kappa shape index (κ3) is 1.46. The third-order valence-electron chi connectivity index (χ3n) is 3.02. The van der Waals surface area contributed by atoms with Crippen LogP contribution in [0.4, 0.5) is 0 Å². The van der Waals surface area contributed by atoms with E-state index in [1.165, 1.54) is 11.1 Å². The van der Waals surface area contributed by atoms with Gasteiger partial charge in [0.25, 0.3) is 0 Å². The van der Waals surface area contributed by atoms with Crippen molar-refractivity contribution in [1.82, 2.24) is 0 Å². The molecular formula is C15H11Cl. The summed E-state index contributed by atoms with van der Waals surface area (Å²) in [5, 5.41) is 0.865. The van der Waals surface area contributed by atoms with E-state index in [9.17, 15) is 0 Å². The van der Waals surface area contributed by atoms with Gasteiger partial charge in [-0.1, -0.05) is 72.3 Å². The molecule has 0 aromatic heterocycles. The average Bonchev–Trinajstić information content (AvgIpc) is 2.69. The molecule has 0 radical (unpaired) electrons. The molecule has 1 aliphatic carbocycles. The van der Waals surface area contributed by atoms with Crippen LogP contribution < -0.4 is 0 Å². The van der Waals surface area contributed by atoms with Gasteiger partial charge in [0.05, 0.1) is 0 Å². The Morgan fingerprint density at radius 2 is 1.50 bits per heavy atom. The molecule has 16 heavy (non-hydrogen) atoms. The lowest BCUT2D eigenvalue weighted by molar-refractivity contribution is 1.05. The van der Waals surface area contributed by atoms with Crippen LogP contribution >= 0.6 is 11.6 Å². The number of hydrogen-bond donors (Lipinski definition) is 0.